The fourth-order valence-corrected chi connectivity index (χ4v) is 2.40. The van der Waals surface area contributed by atoms with Crippen LogP contribution in [0.1, 0.15) is 0 Å². The molecular weight excluding hydrogens is 374 g/mol. The Kier molecular flexibility index (Phi) is 3.87. The number of rotatable bonds is 3. The zero-order valence-corrected chi connectivity index (χ0v) is 12.8. The quantitative estimate of drug-likeness (QED) is 0.540. The third kappa shape index (κ3) is 2.95. The van der Waals surface area contributed by atoms with E-state index < -0.39 is 22.2 Å². The summed E-state index contributed by atoms with van der Waals surface area (Å²) in [7, 11) is 0. The maximum atomic E-state index is 13.7. The molecule has 2 aromatic carbocycles. The maximum absolute atomic E-state index is 13.7. The third-order valence-corrected chi connectivity index (χ3v) is 3.69. The number of anilines is 2. The van der Waals surface area contributed by atoms with Gasteiger partial charge < -0.3 is 5.32 Å². The number of nitrogens with one attached hydrogen (secondary N) is 1. The second kappa shape index (κ2) is 5.84. The van der Waals surface area contributed by atoms with Crippen LogP contribution >= 0.6 is 15.9 Å². The highest BCUT2D eigenvalue weighted by molar-refractivity contribution is 9.10. The Hall–Kier alpha value is -2.68. The SMILES string of the molecule is O=[N+]([O-])c1cc2c(Nc3ccc(F)c(Br)c3)ncnc2cc1F. The first-order valence-electron chi connectivity index (χ1n) is 6.26. The second-order valence-electron chi connectivity index (χ2n) is 4.55. The van der Waals surface area contributed by atoms with Gasteiger partial charge in [-0.05, 0) is 34.1 Å². The Bertz CT molecular complexity index is 936. The van der Waals surface area contributed by atoms with Gasteiger partial charge >= 0.3 is 5.69 Å². The van der Waals surface area contributed by atoms with Crippen molar-refractivity contribution >= 4 is 44.0 Å². The van der Waals surface area contributed by atoms with Crippen molar-refractivity contribution < 1.29 is 13.7 Å². The molecule has 0 spiro atoms. The fraction of sp³-hybridized carbons (Fsp3) is 0. The molecule has 6 nitrogen and oxygen atoms in total. The lowest BCUT2D eigenvalue weighted by atomic mass is 10.2. The highest BCUT2D eigenvalue weighted by atomic mass is 79.9. The minimum atomic E-state index is -0.975. The Labute approximate surface area is 136 Å². The van der Waals surface area contributed by atoms with Crippen molar-refractivity contribution in [3.8, 4) is 0 Å². The van der Waals surface area contributed by atoms with Gasteiger partial charge in [0.1, 0.15) is 18.0 Å². The molecular formula is C14H7BrF2N4O2. The molecule has 1 aromatic heterocycles. The number of hydrogen-bond acceptors (Lipinski definition) is 5. The number of hydrogen-bond donors (Lipinski definition) is 1. The molecule has 0 saturated heterocycles. The van der Waals surface area contributed by atoms with Gasteiger partial charge in [0.15, 0.2) is 0 Å². The molecule has 9 heteroatoms. The zero-order valence-electron chi connectivity index (χ0n) is 11.3. The minimum Gasteiger partial charge on any atom is -0.340 e. The molecule has 0 radical (unpaired) electrons. The van der Waals surface area contributed by atoms with Crippen LogP contribution in [0.15, 0.2) is 41.1 Å². The first-order valence-corrected chi connectivity index (χ1v) is 7.06. The van der Waals surface area contributed by atoms with Crippen LogP contribution in [0.5, 0.6) is 0 Å². The van der Waals surface area contributed by atoms with Crippen molar-refractivity contribution in [2.45, 2.75) is 0 Å². The standard InChI is InChI=1S/C14H7BrF2N4O2/c15-9-3-7(1-2-10(9)16)20-14-8-4-13(21(22)23)11(17)5-12(8)18-6-19-14/h1-6H,(H,18,19,20). The summed E-state index contributed by atoms with van der Waals surface area (Å²) in [5.41, 5.74) is 0.0488. The molecule has 0 bridgehead atoms. The lowest BCUT2D eigenvalue weighted by Crippen LogP contribution is -1.99. The molecule has 0 aliphatic rings. The van der Waals surface area contributed by atoms with Crippen LogP contribution < -0.4 is 5.32 Å². The van der Waals surface area contributed by atoms with E-state index in [0.29, 0.717) is 5.69 Å². The van der Waals surface area contributed by atoms with E-state index in [4.69, 9.17) is 0 Å². The largest absolute Gasteiger partial charge is 0.340 e. The third-order valence-electron chi connectivity index (χ3n) is 3.08. The molecule has 0 atom stereocenters. The van der Waals surface area contributed by atoms with E-state index >= 15 is 0 Å². The highest BCUT2D eigenvalue weighted by Gasteiger charge is 2.18. The molecule has 0 saturated carbocycles. The predicted molar refractivity (Wildman–Crippen MR) is 83.5 cm³/mol. The Balaban J connectivity index is 2.11. The van der Waals surface area contributed by atoms with Gasteiger partial charge in [-0.1, -0.05) is 0 Å². The van der Waals surface area contributed by atoms with Gasteiger partial charge in [0.2, 0.25) is 5.82 Å². The highest BCUT2D eigenvalue weighted by Crippen LogP contribution is 2.30. The van der Waals surface area contributed by atoms with Crippen molar-refractivity contribution in [2.24, 2.45) is 0 Å². The lowest BCUT2D eigenvalue weighted by molar-refractivity contribution is -0.387. The topological polar surface area (TPSA) is 81.0 Å². The number of nitrogens with zero attached hydrogens (tertiary/aromatic N) is 3. The van der Waals surface area contributed by atoms with E-state index in [-0.39, 0.29) is 21.2 Å². The Morgan fingerprint density at radius 1 is 1.13 bits per heavy atom. The van der Waals surface area contributed by atoms with Crippen LogP contribution in [0.4, 0.5) is 26.0 Å². The molecule has 0 unspecified atom stereocenters. The van der Waals surface area contributed by atoms with E-state index in [0.717, 1.165) is 12.1 Å². The van der Waals surface area contributed by atoms with Crippen molar-refractivity contribution in [2.75, 3.05) is 5.32 Å². The summed E-state index contributed by atoms with van der Waals surface area (Å²) in [4.78, 5) is 18.0. The van der Waals surface area contributed by atoms with Crippen LogP contribution in [-0.4, -0.2) is 14.9 Å². The molecule has 116 valence electrons. The van der Waals surface area contributed by atoms with Gasteiger partial charge in [-0.25, -0.2) is 14.4 Å². The number of benzene rings is 2. The fourth-order valence-electron chi connectivity index (χ4n) is 2.02. The van der Waals surface area contributed by atoms with Crippen LogP contribution in [0.3, 0.4) is 0 Å². The van der Waals surface area contributed by atoms with Crippen LogP contribution in [0.2, 0.25) is 0 Å². The average molecular weight is 381 g/mol. The summed E-state index contributed by atoms with van der Waals surface area (Å²) >= 11 is 3.06. The van der Waals surface area contributed by atoms with Crippen LogP contribution in [-0.2, 0) is 0 Å². The van der Waals surface area contributed by atoms with Crippen LogP contribution in [0.25, 0.3) is 10.9 Å². The molecule has 0 aliphatic heterocycles. The van der Waals surface area contributed by atoms with E-state index in [9.17, 15) is 18.9 Å². The molecule has 3 rings (SSSR count). The minimum absolute atomic E-state index is 0.215. The second-order valence-corrected chi connectivity index (χ2v) is 5.41. The van der Waals surface area contributed by atoms with Crippen molar-refractivity contribution in [3.05, 3.63) is 62.9 Å². The molecule has 0 aliphatic carbocycles. The molecule has 1 N–H and O–H groups in total. The average Bonchev–Trinajstić information content (AvgIpc) is 2.50. The molecule has 1 heterocycles. The number of nitro groups is 1. The van der Waals surface area contributed by atoms with Gasteiger partial charge in [0, 0.05) is 17.8 Å². The van der Waals surface area contributed by atoms with Gasteiger partial charge in [0.25, 0.3) is 0 Å². The number of halogens is 3. The van der Waals surface area contributed by atoms with E-state index in [1.807, 2.05) is 0 Å². The normalized spacial score (nSPS) is 10.7. The Morgan fingerprint density at radius 2 is 1.91 bits per heavy atom. The van der Waals surface area contributed by atoms with Gasteiger partial charge in [-0.3, -0.25) is 10.1 Å². The number of fused-ring (bicyclic) bond motifs is 1. The molecule has 23 heavy (non-hydrogen) atoms. The summed E-state index contributed by atoms with van der Waals surface area (Å²) < 4.78 is 27.2. The summed E-state index contributed by atoms with van der Waals surface area (Å²) in [6.07, 6.45) is 1.20. The molecule has 0 fully saturated rings. The monoisotopic (exact) mass is 380 g/mol. The maximum Gasteiger partial charge on any atom is 0.305 e. The summed E-state index contributed by atoms with van der Waals surface area (Å²) in [6, 6.07) is 6.25. The summed E-state index contributed by atoms with van der Waals surface area (Å²) in [6.45, 7) is 0. The van der Waals surface area contributed by atoms with Gasteiger partial charge in [-0.2, -0.15) is 4.39 Å². The molecule has 3 aromatic rings. The summed E-state index contributed by atoms with van der Waals surface area (Å²) in [5, 5.41) is 14.1. The summed E-state index contributed by atoms with van der Waals surface area (Å²) in [5.74, 6) is -1.16. The number of aromatic nitrogens is 2. The zero-order chi connectivity index (χ0) is 16.6. The molecule has 0 amide bonds. The van der Waals surface area contributed by atoms with Gasteiger partial charge in [-0.15, -0.1) is 0 Å². The Morgan fingerprint density at radius 3 is 2.61 bits per heavy atom. The lowest BCUT2D eigenvalue weighted by Gasteiger charge is -2.09. The van der Waals surface area contributed by atoms with Crippen molar-refractivity contribution in [3.63, 3.8) is 0 Å². The van der Waals surface area contributed by atoms with Crippen molar-refractivity contribution in [1.29, 1.82) is 0 Å². The van der Waals surface area contributed by atoms with Crippen molar-refractivity contribution in [1.82, 2.24) is 9.97 Å². The number of nitro benzene ring substituents is 1. The van der Waals surface area contributed by atoms with E-state index in [1.165, 1.54) is 24.5 Å². The van der Waals surface area contributed by atoms with Gasteiger partial charge in [0.05, 0.1) is 20.3 Å². The predicted octanol–water partition coefficient (Wildman–Crippen LogP) is 4.32. The van der Waals surface area contributed by atoms with E-state index in [1.54, 1.807) is 0 Å². The smallest absolute Gasteiger partial charge is 0.305 e. The first-order chi connectivity index (χ1) is 11.0. The first kappa shape index (κ1) is 15.2. The van der Waals surface area contributed by atoms with E-state index in [2.05, 4.69) is 31.2 Å². The van der Waals surface area contributed by atoms with Crippen LogP contribution in [0, 0.1) is 21.7 Å².